The van der Waals surface area contributed by atoms with Crippen LogP contribution in [0, 0.1) is 0 Å². The van der Waals surface area contributed by atoms with Crippen LogP contribution in [0.15, 0.2) is 132 Å². The molecule has 0 N–H and O–H groups in total. The molecule has 6 heteroatoms. The summed E-state index contributed by atoms with van der Waals surface area (Å²) in [6.07, 6.45) is 0.373. The van der Waals surface area contributed by atoms with Crippen molar-refractivity contribution in [3.05, 3.63) is 154 Å². The van der Waals surface area contributed by atoms with Crippen LogP contribution in [0.5, 0.6) is 0 Å². The van der Waals surface area contributed by atoms with Gasteiger partial charge in [-0.15, -0.1) is 11.3 Å². The van der Waals surface area contributed by atoms with Crippen molar-refractivity contribution in [1.82, 2.24) is 0 Å². The Morgan fingerprint density at radius 2 is 1.31 bits per heavy atom. The fourth-order valence-corrected chi connectivity index (χ4v) is 5.42. The van der Waals surface area contributed by atoms with Gasteiger partial charge >= 0.3 is 11.9 Å². The molecule has 0 saturated carbocycles. The van der Waals surface area contributed by atoms with E-state index < -0.39 is 6.04 Å². The van der Waals surface area contributed by atoms with Gasteiger partial charge in [0.05, 0.1) is 12.3 Å². The molecule has 0 bridgehead atoms. The molecule has 0 unspecified atom stereocenters. The summed E-state index contributed by atoms with van der Waals surface area (Å²) in [5.74, 6) is -0.716. The Kier molecular flexibility index (Phi) is 9.70. The summed E-state index contributed by atoms with van der Waals surface area (Å²) in [6.45, 7) is 2.29. The lowest BCUT2D eigenvalue weighted by molar-refractivity contribution is -0.144. The van der Waals surface area contributed by atoms with Crippen LogP contribution in [-0.4, -0.2) is 30.3 Å². The molecule has 0 aliphatic heterocycles. The van der Waals surface area contributed by atoms with Crippen molar-refractivity contribution in [1.29, 1.82) is 0 Å². The second kappa shape index (κ2) is 14.2. The van der Waals surface area contributed by atoms with Crippen LogP contribution < -0.4 is 0 Å². The SMILES string of the molecule is CCOC(=O)[C@@H](Cc1ccc(-c2ccsc2C(=O)OCc2ccccc2)cc1)N=C(c1ccccc1)c1ccccc1. The van der Waals surface area contributed by atoms with Gasteiger partial charge in [-0.25, -0.2) is 9.59 Å². The van der Waals surface area contributed by atoms with E-state index in [0.29, 0.717) is 11.3 Å². The summed E-state index contributed by atoms with van der Waals surface area (Å²) in [5, 5.41) is 1.89. The second-order valence-electron chi connectivity index (χ2n) is 9.60. The Bertz CT molecular complexity index is 1590. The van der Waals surface area contributed by atoms with Gasteiger partial charge in [0.25, 0.3) is 0 Å². The van der Waals surface area contributed by atoms with Crippen LogP contribution >= 0.6 is 11.3 Å². The molecule has 1 aromatic heterocycles. The number of benzene rings is 4. The van der Waals surface area contributed by atoms with Crippen LogP contribution in [0.2, 0.25) is 0 Å². The number of hydrogen-bond donors (Lipinski definition) is 0. The summed E-state index contributed by atoms with van der Waals surface area (Å²) in [7, 11) is 0. The third-order valence-electron chi connectivity index (χ3n) is 6.70. The zero-order valence-corrected chi connectivity index (χ0v) is 24.1. The minimum Gasteiger partial charge on any atom is -0.464 e. The van der Waals surface area contributed by atoms with Crippen LogP contribution in [-0.2, 0) is 27.3 Å². The highest BCUT2D eigenvalue weighted by Crippen LogP contribution is 2.30. The Labute approximate surface area is 250 Å². The summed E-state index contributed by atoms with van der Waals surface area (Å²) < 4.78 is 11.0. The number of thiophene rings is 1. The van der Waals surface area contributed by atoms with E-state index in [9.17, 15) is 9.59 Å². The summed E-state index contributed by atoms with van der Waals surface area (Å²) >= 11 is 1.36. The predicted octanol–water partition coefficient (Wildman–Crippen LogP) is 7.78. The van der Waals surface area contributed by atoms with Gasteiger partial charge in [-0.2, -0.15) is 0 Å². The fraction of sp³-hybridized carbons (Fsp3) is 0.139. The minimum atomic E-state index is -0.726. The highest BCUT2D eigenvalue weighted by molar-refractivity contribution is 7.12. The van der Waals surface area contributed by atoms with E-state index in [1.54, 1.807) is 6.92 Å². The third-order valence-corrected chi connectivity index (χ3v) is 7.59. The molecule has 1 heterocycles. The average Bonchev–Trinajstić information content (AvgIpc) is 3.54. The van der Waals surface area contributed by atoms with E-state index >= 15 is 0 Å². The number of nitrogens with zero attached hydrogens (tertiary/aromatic N) is 1. The Morgan fingerprint density at radius 1 is 0.714 bits per heavy atom. The van der Waals surface area contributed by atoms with Crippen molar-refractivity contribution in [3.8, 4) is 11.1 Å². The Balaban J connectivity index is 1.37. The third kappa shape index (κ3) is 7.28. The molecule has 42 heavy (non-hydrogen) atoms. The maximum Gasteiger partial charge on any atom is 0.349 e. The van der Waals surface area contributed by atoms with E-state index in [1.165, 1.54) is 11.3 Å². The lowest BCUT2D eigenvalue weighted by Gasteiger charge is -2.16. The molecule has 210 valence electrons. The Morgan fingerprint density at radius 3 is 1.90 bits per heavy atom. The van der Waals surface area contributed by atoms with Crippen molar-refractivity contribution in [2.75, 3.05) is 6.61 Å². The van der Waals surface area contributed by atoms with Gasteiger partial charge in [-0.3, -0.25) is 4.99 Å². The van der Waals surface area contributed by atoms with Gasteiger partial charge in [-0.1, -0.05) is 115 Å². The molecule has 0 radical (unpaired) electrons. The molecule has 1 atom stereocenters. The van der Waals surface area contributed by atoms with Crippen molar-refractivity contribution >= 4 is 29.0 Å². The number of hydrogen-bond acceptors (Lipinski definition) is 6. The summed E-state index contributed by atoms with van der Waals surface area (Å²) in [5.41, 5.74) is 6.19. The van der Waals surface area contributed by atoms with Gasteiger partial charge in [0.1, 0.15) is 11.5 Å². The molecule has 0 fully saturated rings. The molecular formula is C36H31NO4S. The average molecular weight is 574 g/mol. The minimum absolute atomic E-state index is 0.222. The van der Waals surface area contributed by atoms with Crippen LogP contribution in [0.3, 0.4) is 0 Å². The molecule has 5 aromatic rings. The highest BCUT2D eigenvalue weighted by atomic mass is 32.1. The monoisotopic (exact) mass is 573 g/mol. The Hall–Kier alpha value is -4.81. The lowest BCUT2D eigenvalue weighted by atomic mass is 9.99. The smallest absolute Gasteiger partial charge is 0.349 e. The van der Waals surface area contributed by atoms with Gasteiger partial charge in [0.2, 0.25) is 0 Å². The lowest BCUT2D eigenvalue weighted by Crippen LogP contribution is -2.26. The van der Waals surface area contributed by atoms with Crippen molar-refractivity contribution in [2.45, 2.75) is 26.0 Å². The first-order valence-corrected chi connectivity index (χ1v) is 14.7. The van der Waals surface area contributed by atoms with Gasteiger partial charge in [0.15, 0.2) is 6.04 Å². The highest BCUT2D eigenvalue weighted by Gasteiger charge is 2.22. The zero-order chi connectivity index (χ0) is 29.1. The molecule has 4 aromatic carbocycles. The number of rotatable bonds is 11. The molecule has 0 amide bonds. The standard InChI is InChI=1S/C36H31NO4S/c1-2-40-35(38)32(37-33(29-14-8-4-9-15-29)30-16-10-5-11-17-30)24-26-18-20-28(21-19-26)31-22-23-42-34(31)36(39)41-25-27-12-6-3-7-13-27/h3-23,32H,2,24-25H2,1H3/t32-/m1/s1. The molecule has 0 saturated heterocycles. The van der Waals surface area contributed by atoms with E-state index in [-0.39, 0.29) is 25.2 Å². The first-order valence-electron chi connectivity index (χ1n) is 13.9. The molecule has 5 rings (SSSR count). The molecule has 0 spiro atoms. The van der Waals surface area contributed by atoms with Crippen LogP contribution in [0.1, 0.15) is 38.8 Å². The number of esters is 2. The predicted molar refractivity (Wildman–Crippen MR) is 168 cm³/mol. The largest absolute Gasteiger partial charge is 0.464 e. The number of ether oxygens (including phenoxy) is 2. The molecular weight excluding hydrogens is 542 g/mol. The van der Waals surface area contributed by atoms with E-state index in [2.05, 4.69) is 0 Å². The van der Waals surface area contributed by atoms with Crippen molar-refractivity contribution < 1.29 is 19.1 Å². The molecule has 0 aliphatic carbocycles. The first kappa shape index (κ1) is 28.7. The van der Waals surface area contributed by atoms with Crippen LogP contribution in [0.4, 0.5) is 0 Å². The zero-order valence-electron chi connectivity index (χ0n) is 23.3. The van der Waals surface area contributed by atoms with E-state index in [4.69, 9.17) is 14.5 Å². The van der Waals surface area contributed by atoms with E-state index in [1.807, 2.05) is 127 Å². The van der Waals surface area contributed by atoms with Gasteiger partial charge in [-0.05, 0) is 35.1 Å². The topological polar surface area (TPSA) is 65.0 Å². The number of carbonyl (C=O) groups is 2. The second-order valence-corrected chi connectivity index (χ2v) is 10.5. The fourth-order valence-electron chi connectivity index (χ4n) is 4.61. The van der Waals surface area contributed by atoms with Gasteiger partial charge < -0.3 is 9.47 Å². The summed E-state index contributed by atoms with van der Waals surface area (Å²) in [4.78, 5) is 31.5. The maximum absolute atomic E-state index is 13.1. The van der Waals surface area contributed by atoms with Gasteiger partial charge in [0, 0.05) is 23.1 Å². The molecule has 5 nitrogen and oxygen atoms in total. The maximum atomic E-state index is 13.1. The van der Waals surface area contributed by atoms with Crippen molar-refractivity contribution in [2.24, 2.45) is 4.99 Å². The number of aliphatic imine (C=N–C) groups is 1. The van der Waals surface area contributed by atoms with Crippen molar-refractivity contribution in [3.63, 3.8) is 0 Å². The normalized spacial score (nSPS) is 11.4. The number of carbonyl (C=O) groups excluding carboxylic acids is 2. The van der Waals surface area contributed by atoms with E-state index in [0.717, 1.165) is 39.1 Å². The quantitative estimate of drug-likeness (QED) is 0.120. The summed E-state index contributed by atoms with van der Waals surface area (Å²) in [6, 6.07) is 38.4. The first-order chi connectivity index (χ1) is 20.6. The molecule has 0 aliphatic rings. The van der Waals surface area contributed by atoms with Crippen LogP contribution in [0.25, 0.3) is 11.1 Å².